The second-order valence-corrected chi connectivity index (χ2v) is 5.95. The van der Waals surface area contributed by atoms with Crippen LogP contribution >= 0.6 is 0 Å². The Bertz CT molecular complexity index is 714. The molecular formula is C18H22NY+. The third kappa shape index (κ3) is 2.02. The normalized spacial score (nSPS) is 11.9. The van der Waals surface area contributed by atoms with Gasteiger partial charge in [0.25, 0.3) is 0 Å². The molecule has 0 unspecified atom stereocenters. The molecule has 2 heterocycles. The summed E-state index contributed by atoms with van der Waals surface area (Å²) in [6.45, 7) is 14.5. The van der Waals surface area contributed by atoms with Crippen molar-refractivity contribution in [2.45, 2.75) is 48.1 Å². The Labute approximate surface area is 147 Å². The molecule has 1 aliphatic heterocycles. The van der Waals surface area contributed by atoms with Crippen LogP contribution in [-0.2, 0) is 39.3 Å². The predicted octanol–water partition coefficient (Wildman–Crippen LogP) is 3.85. The summed E-state index contributed by atoms with van der Waals surface area (Å²) < 4.78 is 2.50. The first kappa shape index (κ1) is 15.9. The van der Waals surface area contributed by atoms with E-state index in [1.54, 1.807) is 0 Å². The fraction of sp³-hybridized carbons (Fsp3) is 0.389. The fourth-order valence-electron chi connectivity index (χ4n) is 3.38. The number of nitrogens with zero attached hydrogens (tertiary/aromatic N) is 1. The molecule has 0 N–H and O–H groups in total. The minimum atomic E-state index is 0. The second kappa shape index (κ2) is 5.35. The van der Waals surface area contributed by atoms with Gasteiger partial charge in [0.2, 0.25) is 5.69 Å². The van der Waals surface area contributed by atoms with Crippen molar-refractivity contribution in [3.05, 3.63) is 51.2 Å². The van der Waals surface area contributed by atoms with Gasteiger partial charge in [0, 0.05) is 56.3 Å². The van der Waals surface area contributed by atoms with Crippen LogP contribution in [-0.4, -0.2) is 0 Å². The van der Waals surface area contributed by atoms with Crippen LogP contribution < -0.4 is 4.57 Å². The molecule has 1 aromatic heterocycles. The second-order valence-electron chi connectivity index (χ2n) is 5.95. The summed E-state index contributed by atoms with van der Waals surface area (Å²) in [6.07, 6.45) is 0. The molecule has 3 rings (SSSR count). The maximum absolute atomic E-state index is 2.50. The molecule has 0 spiro atoms. The van der Waals surface area contributed by atoms with E-state index >= 15 is 0 Å². The van der Waals surface area contributed by atoms with Crippen molar-refractivity contribution in [1.82, 2.24) is 0 Å². The molecule has 0 atom stereocenters. The summed E-state index contributed by atoms with van der Waals surface area (Å²) >= 11 is 0. The van der Waals surface area contributed by atoms with Gasteiger partial charge in [0.15, 0.2) is 12.2 Å². The number of pyridine rings is 1. The van der Waals surface area contributed by atoms with E-state index in [2.05, 4.69) is 58.2 Å². The molecule has 0 saturated heterocycles. The van der Waals surface area contributed by atoms with Crippen LogP contribution in [0.3, 0.4) is 0 Å². The van der Waals surface area contributed by atoms with Crippen LogP contribution in [0.5, 0.6) is 0 Å². The zero-order valence-electron chi connectivity index (χ0n) is 13.4. The van der Waals surface area contributed by atoms with Crippen molar-refractivity contribution in [2.24, 2.45) is 0 Å². The molecule has 0 aliphatic carbocycles. The Morgan fingerprint density at radius 1 is 0.800 bits per heavy atom. The predicted molar refractivity (Wildman–Crippen MR) is 79.6 cm³/mol. The van der Waals surface area contributed by atoms with Gasteiger partial charge in [-0.05, 0) is 51.3 Å². The van der Waals surface area contributed by atoms with E-state index in [9.17, 15) is 0 Å². The van der Waals surface area contributed by atoms with Crippen molar-refractivity contribution < 1.29 is 37.3 Å². The van der Waals surface area contributed by atoms with E-state index in [0.29, 0.717) is 0 Å². The maximum Gasteiger partial charge on any atom is 0.217 e. The Morgan fingerprint density at radius 2 is 1.40 bits per heavy atom. The average Bonchev–Trinajstić information content (AvgIpc) is 2.80. The van der Waals surface area contributed by atoms with E-state index in [1.165, 1.54) is 50.3 Å². The number of benzene rings is 1. The van der Waals surface area contributed by atoms with Gasteiger partial charge in [-0.25, -0.2) is 0 Å². The first-order valence-electron chi connectivity index (χ1n) is 7.03. The summed E-state index contributed by atoms with van der Waals surface area (Å²) in [4.78, 5) is 0. The summed E-state index contributed by atoms with van der Waals surface area (Å²) in [5, 5.41) is 0. The third-order valence-corrected chi connectivity index (χ3v) is 5.01. The van der Waals surface area contributed by atoms with Gasteiger partial charge < -0.3 is 0 Å². The molecule has 1 aromatic carbocycles. The molecule has 1 nitrogen and oxygen atoms in total. The van der Waals surface area contributed by atoms with Crippen LogP contribution in [0, 0.1) is 41.5 Å². The van der Waals surface area contributed by atoms with Crippen LogP contribution in [0.1, 0.15) is 39.1 Å². The third-order valence-electron chi connectivity index (χ3n) is 5.01. The smallest absolute Gasteiger partial charge is 0.191 e. The number of aryl methyl sites for hydroxylation is 2. The molecule has 0 saturated carbocycles. The summed E-state index contributed by atoms with van der Waals surface area (Å²) in [6, 6.07) is 4.51. The molecule has 0 amide bonds. The standard InChI is InChI=1S/C18H22N.Y/c1-10-7-8-11(2)17-16(10)9-19-15(6)13(4)12(3)14(5)18(17)19;/h7-8H,9H2,1-6H3;/q+1;. The Balaban J connectivity index is 0.00000147. The van der Waals surface area contributed by atoms with E-state index < -0.39 is 0 Å². The minimum absolute atomic E-state index is 0. The van der Waals surface area contributed by atoms with Gasteiger partial charge in [-0.3, -0.25) is 0 Å². The molecule has 101 valence electrons. The van der Waals surface area contributed by atoms with Crippen molar-refractivity contribution >= 4 is 0 Å². The number of aromatic nitrogens is 1. The van der Waals surface area contributed by atoms with E-state index in [1.807, 2.05) is 0 Å². The molecule has 1 aliphatic rings. The molecule has 0 bridgehead atoms. The van der Waals surface area contributed by atoms with Crippen LogP contribution in [0.25, 0.3) is 11.3 Å². The Morgan fingerprint density at radius 3 is 2.05 bits per heavy atom. The number of hydrogen-bond donors (Lipinski definition) is 0. The van der Waals surface area contributed by atoms with E-state index in [4.69, 9.17) is 0 Å². The number of rotatable bonds is 0. The zero-order valence-corrected chi connectivity index (χ0v) is 16.2. The summed E-state index contributed by atoms with van der Waals surface area (Å²) in [5.41, 5.74) is 13.0. The molecule has 1 radical (unpaired) electrons. The SMILES string of the molecule is Cc1ccc(C)c2c1C[n+]1c(C)c(C)c(C)c(C)c1-2.[Y]. The van der Waals surface area contributed by atoms with Crippen LogP contribution in [0.2, 0.25) is 0 Å². The minimum Gasteiger partial charge on any atom is -0.191 e. The molecule has 20 heavy (non-hydrogen) atoms. The largest absolute Gasteiger partial charge is 0.217 e. The zero-order chi connectivity index (χ0) is 13.9. The Hall–Kier alpha value is -0.526. The van der Waals surface area contributed by atoms with Crippen molar-refractivity contribution in [3.8, 4) is 11.3 Å². The van der Waals surface area contributed by atoms with Crippen molar-refractivity contribution in [3.63, 3.8) is 0 Å². The first-order chi connectivity index (χ1) is 8.93. The maximum atomic E-state index is 2.50. The molecule has 2 heteroatoms. The van der Waals surface area contributed by atoms with Crippen LogP contribution in [0.15, 0.2) is 12.1 Å². The Kier molecular flexibility index (Phi) is 4.24. The van der Waals surface area contributed by atoms with E-state index in [0.717, 1.165) is 6.54 Å². The molecule has 2 aromatic rings. The fourth-order valence-corrected chi connectivity index (χ4v) is 3.38. The number of fused-ring (bicyclic) bond motifs is 3. The summed E-state index contributed by atoms with van der Waals surface area (Å²) in [7, 11) is 0. The van der Waals surface area contributed by atoms with Gasteiger partial charge >= 0.3 is 0 Å². The van der Waals surface area contributed by atoms with Crippen molar-refractivity contribution in [2.75, 3.05) is 0 Å². The molecular weight excluding hydrogens is 319 g/mol. The topological polar surface area (TPSA) is 3.88 Å². The average molecular weight is 341 g/mol. The van der Waals surface area contributed by atoms with Gasteiger partial charge in [0.05, 0.1) is 5.56 Å². The number of hydrogen-bond acceptors (Lipinski definition) is 0. The molecule has 0 fully saturated rings. The van der Waals surface area contributed by atoms with Gasteiger partial charge in [-0.1, -0.05) is 12.1 Å². The van der Waals surface area contributed by atoms with Gasteiger partial charge in [-0.15, -0.1) is 0 Å². The van der Waals surface area contributed by atoms with Gasteiger partial charge in [0.1, 0.15) is 0 Å². The van der Waals surface area contributed by atoms with E-state index in [-0.39, 0.29) is 32.7 Å². The van der Waals surface area contributed by atoms with Gasteiger partial charge in [-0.2, -0.15) is 4.57 Å². The first-order valence-corrected chi connectivity index (χ1v) is 7.03. The van der Waals surface area contributed by atoms with Crippen molar-refractivity contribution in [1.29, 1.82) is 0 Å². The summed E-state index contributed by atoms with van der Waals surface area (Å²) in [5.74, 6) is 0. The monoisotopic (exact) mass is 341 g/mol. The van der Waals surface area contributed by atoms with Crippen LogP contribution in [0.4, 0.5) is 0 Å². The quantitative estimate of drug-likeness (QED) is 0.547.